The molecule has 1 saturated carbocycles. The maximum Gasteiger partial charge on any atom is 0.225 e. The van der Waals surface area contributed by atoms with Crippen LogP contribution in [0.1, 0.15) is 55.6 Å². The third-order valence-electron chi connectivity index (χ3n) is 7.38. The molecule has 2 aromatic rings. The lowest BCUT2D eigenvalue weighted by Crippen LogP contribution is -2.51. The van der Waals surface area contributed by atoms with Crippen LogP contribution in [0.3, 0.4) is 0 Å². The minimum Gasteiger partial charge on any atom is -0.356 e. The molecule has 4 heterocycles. The zero-order valence-corrected chi connectivity index (χ0v) is 19.1. The Kier molecular flexibility index (Phi) is 5.67. The smallest absolute Gasteiger partial charge is 0.225 e. The predicted molar refractivity (Wildman–Crippen MR) is 122 cm³/mol. The van der Waals surface area contributed by atoms with Gasteiger partial charge in [-0.05, 0) is 39.2 Å². The minimum absolute atomic E-state index is 0.168. The van der Waals surface area contributed by atoms with Crippen LogP contribution in [0.25, 0.3) is 10.9 Å². The highest BCUT2D eigenvalue weighted by molar-refractivity contribution is 7.11. The first-order chi connectivity index (χ1) is 14.6. The Labute approximate surface area is 183 Å². The maximum atomic E-state index is 13.1. The topological polar surface area (TPSA) is 52.6 Å². The summed E-state index contributed by atoms with van der Waals surface area (Å²) in [6, 6.07) is 0. The summed E-state index contributed by atoms with van der Waals surface area (Å²) in [5, 5.41) is 3.41. The molecule has 0 bridgehead atoms. The van der Waals surface area contributed by atoms with Crippen molar-refractivity contribution in [2.24, 2.45) is 5.92 Å². The maximum absolute atomic E-state index is 13.1. The van der Waals surface area contributed by atoms with Gasteiger partial charge in [0.05, 0.1) is 10.9 Å². The molecule has 2 aliphatic heterocycles. The van der Waals surface area contributed by atoms with E-state index in [1.165, 1.54) is 29.5 Å². The lowest BCUT2D eigenvalue weighted by atomic mass is 9.85. The number of thiophene rings is 1. The van der Waals surface area contributed by atoms with Crippen LogP contribution in [-0.2, 0) is 4.79 Å². The summed E-state index contributed by atoms with van der Waals surface area (Å²) < 4.78 is 0. The van der Waals surface area contributed by atoms with Gasteiger partial charge in [0, 0.05) is 61.4 Å². The van der Waals surface area contributed by atoms with Crippen LogP contribution >= 0.6 is 11.3 Å². The van der Waals surface area contributed by atoms with Gasteiger partial charge in [0.25, 0.3) is 0 Å². The molecule has 5 rings (SSSR count). The molecule has 6 nitrogen and oxygen atoms in total. The number of likely N-dealkylation sites (N-methyl/N-ethyl adjacent to an activating group) is 1. The zero-order valence-electron chi connectivity index (χ0n) is 18.3. The van der Waals surface area contributed by atoms with E-state index in [4.69, 9.17) is 9.97 Å². The third kappa shape index (κ3) is 3.71. The number of aryl methyl sites for hydroxylation is 1. The summed E-state index contributed by atoms with van der Waals surface area (Å²) in [6.07, 6.45) is 5.59. The van der Waals surface area contributed by atoms with Crippen LogP contribution in [-0.4, -0.2) is 71.5 Å². The second-order valence-corrected chi connectivity index (χ2v) is 10.2. The molecule has 0 aromatic carbocycles. The number of nitrogens with zero attached hydrogens (tertiary/aromatic N) is 5. The predicted octanol–water partition coefficient (Wildman–Crippen LogP) is 3.65. The molecule has 2 saturated heterocycles. The monoisotopic (exact) mass is 427 g/mol. The molecule has 3 aliphatic rings. The van der Waals surface area contributed by atoms with Crippen LogP contribution in [0.5, 0.6) is 0 Å². The first-order valence-electron chi connectivity index (χ1n) is 11.7. The number of carbonyl (C=O) groups excluding carboxylic acids is 1. The first-order valence-corrected chi connectivity index (χ1v) is 12.5. The van der Waals surface area contributed by atoms with Crippen molar-refractivity contribution < 1.29 is 4.79 Å². The van der Waals surface area contributed by atoms with Crippen molar-refractivity contribution >= 4 is 34.0 Å². The van der Waals surface area contributed by atoms with E-state index in [1.54, 1.807) is 11.3 Å². The van der Waals surface area contributed by atoms with Crippen molar-refractivity contribution in [1.29, 1.82) is 0 Å². The standard InChI is InChI=1S/C23H33N5OS/c1-3-26-11-13-28(14-12-26)23(29)18-7-9-27(10-8-18)22-20-16(2)30-15-19(20)24-21(25-22)17-5-4-6-17/h15,17-18H,3-14H2,1-2H3. The SMILES string of the molecule is CCN1CCN(C(=O)C2CCN(c3nc(C4CCC4)nc4csc(C)c34)CC2)CC1. The van der Waals surface area contributed by atoms with Gasteiger partial charge >= 0.3 is 0 Å². The molecule has 0 unspecified atom stereocenters. The molecule has 162 valence electrons. The Morgan fingerprint density at radius 2 is 1.80 bits per heavy atom. The Balaban J connectivity index is 1.29. The Hall–Kier alpha value is -1.73. The van der Waals surface area contributed by atoms with Crippen molar-refractivity contribution in [1.82, 2.24) is 19.8 Å². The molecule has 0 spiro atoms. The van der Waals surface area contributed by atoms with E-state index in [2.05, 4.69) is 33.9 Å². The van der Waals surface area contributed by atoms with Gasteiger partial charge in [-0.25, -0.2) is 9.97 Å². The number of piperazine rings is 1. The van der Waals surface area contributed by atoms with Crippen LogP contribution < -0.4 is 4.90 Å². The van der Waals surface area contributed by atoms with Crippen LogP contribution in [0.2, 0.25) is 0 Å². The van der Waals surface area contributed by atoms with Crippen molar-refractivity contribution in [2.75, 3.05) is 50.7 Å². The highest BCUT2D eigenvalue weighted by Crippen LogP contribution is 2.39. The summed E-state index contributed by atoms with van der Waals surface area (Å²) in [5.74, 6) is 3.23. The number of carbonyl (C=O) groups is 1. The van der Waals surface area contributed by atoms with Gasteiger partial charge in [-0.15, -0.1) is 11.3 Å². The van der Waals surface area contributed by atoms with Crippen molar-refractivity contribution in [3.8, 4) is 0 Å². The molecule has 0 atom stereocenters. The molecular formula is C23H33N5OS. The summed E-state index contributed by atoms with van der Waals surface area (Å²) >= 11 is 1.77. The first kappa shape index (κ1) is 20.2. The summed E-state index contributed by atoms with van der Waals surface area (Å²) in [6.45, 7) is 11.1. The third-order valence-corrected chi connectivity index (χ3v) is 8.28. The largest absolute Gasteiger partial charge is 0.356 e. The quantitative estimate of drug-likeness (QED) is 0.746. The van der Waals surface area contributed by atoms with Crippen LogP contribution in [0.4, 0.5) is 5.82 Å². The number of rotatable bonds is 4. The van der Waals surface area contributed by atoms with Crippen LogP contribution in [0, 0.1) is 12.8 Å². The van der Waals surface area contributed by atoms with E-state index < -0.39 is 0 Å². The van der Waals surface area contributed by atoms with E-state index in [0.717, 1.165) is 75.8 Å². The molecule has 1 aliphatic carbocycles. The average Bonchev–Trinajstić information content (AvgIpc) is 3.12. The normalized spacial score (nSPS) is 21.9. The highest BCUT2D eigenvalue weighted by atomic mass is 32.1. The lowest BCUT2D eigenvalue weighted by molar-refractivity contribution is -0.137. The number of amides is 1. The van der Waals surface area contributed by atoms with Gasteiger partial charge < -0.3 is 14.7 Å². The van der Waals surface area contributed by atoms with Gasteiger partial charge in [-0.3, -0.25) is 4.79 Å². The van der Waals surface area contributed by atoms with Gasteiger partial charge in [0.2, 0.25) is 5.91 Å². The Bertz CT molecular complexity index is 908. The van der Waals surface area contributed by atoms with Crippen molar-refractivity contribution in [3.63, 3.8) is 0 Å². The van der Waals surface area contributed by atoms with Crippen LogP contribution in [0.15, 0.2) is 5.38 Å². The fourth-order valence-electron chi connectivity index (χ4n) is 5.07. The number of hydrogen-bond acceptors (Lipinski definition) is 6. The summed E-state index contributed by atoms with van der Waals surface area (Å²) in [5.41, 5.74) is 1.11. The average molecular weight is 428 g/mol. The lowest BCUT2D eigenvalue weighted by Gasteiger charge is -2.38. The Morgan fingerprint density at radius 3 is 2.43 bits per heavy atom. The number of anilines is 1. The molecule has 0 N–H and O–H groups in total. The van der Waals surface area contributed by atoms with Gasteiger partial charge in [0.1, 0.15) is 11.6 Å². The molecule has 30 heavy (non-hydrogen) atoms. The number of piperidine rings is 1. The second kappa shape index (κ2) is 8.42. The van der Waals surface area contributed by atoms with Gasteiger partial charge in [-0.1, -0.05) is 13.3 Å². The van der Waals surface area contributed by atoms with Gasteiger partial charge in [-0.2, -0.15) is 0 Å². The second-order valence-electron chi connectivity index (χ2n) is 9.11. The minimum atomic E-state index is 0.168. The molecule has 1 amide bonds. The van der Waals surface area contributed by atoms with Crippen molar-refractivity contribution in [2.45, 2.75) is 51.9 Å². The van der Waals surface area contributed by atoms with E-state index in [-0.39, 0.29) is 5.92 Å². The summed E-state index contributed by atoms with van der Waals surface area (Å²) in [4.78, 5) is 31.3. The fraction of sp³-hybridized carbons (Fsp3) is 0.696. The van der Waals surface area contributed by atoms with E-state index in [0.29, 0.717) is 11.8 Å². The molecule has 2 aromatic heterocycles. The van der Waals surface area contributed by atoms with Crippen molar-refractivity contribution in [3.05, 3.63) is 16.1 Å². The van der Waals surface area contributed by atoms with Gasteiger partial charge in [0.15, 0.2) is 0 Å². The summed E-state index contributed by atoms with van der Waals surface area (Å²) in [7, 11) is 0. The van der Waals surface area contributed by atoms with E-state index in [9.17, 15) is 4.79 Å². The fourth-order valence-corrected chi connectivity index (χ4v) is 5.84. The number of fused-ring (bicyclic) bond motifs is 1. The Morgan fingerprint density at radius 1 is 1.07 bits per heavy atom. The molecular weight excluding hydrogens is 394 g/mol. The van der Waals surface area contributed by atoms with E-state index in [1.807, 2.05) is 0 Å². The van der Waals surface area contributed by atoms with E-state index >= 15 is 0 Å². The highest BCUT2D eigenvalue weighted by Gasteiger charge is 2.32. The molecule has 0 radical (unpaired) electrons. The number of aromatic nitrogens is 2. The number of hydrogen-bond donors (Lipinski definition) is 0. The molecule has 7 heteroatoms. The molecule has 3 fully saturated rings. The zero-order chi connectivity index (χ0) is 20.7.